The zero-order valence-electron chi connectivity index (χ0n) is 37.9. The Bertz CT molecular complexity index is 1280. The largest absolute Gasteiger partial charge is 0.544 e. The van der Waals surface area contributed by atoms with Crippen LogP contribution >= 0.6 is 0 Å². The van der Waals surface area contributed by atoms with Crippen LogP contribution in [0, 0.1) is 0 Å². The van der Waals surface area contributed by atoms with Crippen LogP contribution in [0.2, 0.25) is 0 Å². The van der Waals surface area contributed by atoms with Gasteiger partial charge in [-0.15, -0.1) is 0 Å². The van der Waals surface area contributed by atoms with Crippen molar-refractivity contribution in [3.8, 4) is 0 Å². The molecule has 0 heterocycles. The fraction of sp³-hybridized carbons (Fsp3) is 0.627. The lowest BCUT2D eigenvalue weighted by Gasteiger charge is -2.34. The van der Waals surface area contributed by atoms with Crippen molar-refractivity contribution < 1.29 is 38.2 Å². The topological polar surface area (TPSA) is 102 Å². The van der Waals surface area contributed by atoms with Gasteiger partial charge >= 0.3 is 11.9 Å². The van der Waals surface area contributed by atoms with Gasteiger partial charge in [0.25, 0.3) is 0 Å². The number of carbonyl (C=O) groups is 3. The van der Waals surface area contributed by atoms with Crippen LogP contribution < -0.4 is 5.11 Å². The molecule has 0 radical (unpaired) electrons. The average molecular weight is 822 g/mol. The van der Waals surface area contributed by atoms with Crippen molar-refractivity contribution in [2.75, 3.05) is 41.0 Å². The number of aliphatic carboxylic acids is 1. The Balaban J connectivity index is 4.45. The van der Waals surface area contributed by atoms with Crippen LogP contribution in [0.1, 0.15) is 155 Å². The second-order valence-electron chi connectivity index (χ2n) is 15.9. The number of ether oxygens (including phenoxy) is 3. The van der Waals surface area contributed by atoms with Gasteiger partial charge in [0.1, 0.15) is 12.6 Å². The standard InChI is InChI=1S/C51H83NO7/c1-6-8-10-12-14-16-18-20-22-23-24-25-26-27-28-30-31-33-35-37-39-41-49(53)58-46-47(45-57-44-43-48(51(55)56)52(3,4)5)59-50(54)42-40-38-36-34-32-29-21-19-17-15-13-11-9-7-2/h9,11,14-17,20-22,24-25,27-29,31,33,47-48H,6-8,10,12-13,18-19,23,26,30,32,34-46H2,1-5H3/b11-9+,16-14+,17-15+,22-20+,25-24+,28-27+,29-21+,33-31+. The number of nitrogens with zero attached hydrogens (tertiary/aromatic N) is 1. The monoisotopic (exact) mass is 822 g/mol. The van der Waals surface area contributed by atoms with Crippen molar-refractivity contribution in [2.24, 2.45) is 0 Å². The molecule has 0 spiro atoms. The molecule has 0 N–H and O–H groups in total. The number of esters is 2. The van der Waals surface area contributed by atoms with Crippen molar-refractivity contribution in [2.45, 2.75) is 167 Å². The summed E-state index contributed by atoms with van der Waals surface area (Å²) in [6.07, 6.45) is 54.4. The Kier molecular flexibility index (Phi) is 38.4. The molecule has 0 aliphatic rings. The van der Waals surface area contributed by atoms with Gasteiger partial charge in [-0.2, -0.15) is 0 Å². The summed E-state index contributed by atoms with van der Waals surface area (Å²) < 4.78 is 17.1. The molecule has 0 aliphatic heterocycles. The molecule has 0 aromatic heterocycles. The highest BCUT2D eigenvalue weighted by Gasteiger charge is 2.25. The Hall–Kier alpha value is -3.75. The quantitative estimate of drug-likeness (QED) is 0.0263. The molecule has 0 saturated carbocycles. The number of carboxylic acids is 1. The SMILES string of the molecule is CC/C=C/C/C=C/C/C=C/CCCCCCC(=O)OC(COCCC(C(=O)[O-])[N+](C)(C)C)COC(=O)CCCC/C=C/C/C=C/C/C=C/C/C=C/C/C=C/CCCCC. The molecule has 0 saturated heterocycles. The highest BCUT2D eigenvalue weighted by atomic mass is 16.6. The minimum Gasteiger partial charge on any atom is -0.544 e. The van der Waals surface area contributed by atoms with Gasteiger partial charge in [-0.05, 0) is 96.3 Å². The molecule has 8 heteroatoms. The van der Waals surface area contributed by atoms with E-state index < -0.39 is 18.1 Å². The summed E-state index contributed by atoms with van der Waals surface area (Å²) in [6, 6.07) is -0.742. The number of unbranched alkanes of at least 4 members (excludes halogenated alkanes) is 9. The van der Waals surface area contributed by atoms with E-state index in [2.05, 4.69) is 111 Å². The highest BCUT2D eigenvalue weighted by Crippen LogP contribution is 2.11. The van der Waals surface area contributed by atoms with E-state index >= 15 is 0 Å². The molecular formula is C51H83NO7. The predicted octanol–water partition coefficient (Wildman–Crippen LogP) is 11.4. The van der Waals surface area contributed by atoms with Gasteiger partial charge in [0.2, 0.25) is 0 Å². The maximum absolute atomic E-state index is 12.7. The first-order valence-electron chi connectivity index (χ1n) is 22.8. The molecule has 0 fully saturated rings. The molecule has 2 unspecified atom stereocenters. The molecule has 0 rings (SSSR count). The lowest BCUT2D eigenvalue weighted by Crippen LogP contribution is -2.55. The summed E-state index contributed by atoms with van der Waals surface area (Å²) in [5, 5.41) is 11.6. The summed E-state index contributed by atoms with van der Waals surface area (Å²) >= 11 is 0. The van der Waals surface area contributed by atoms with E-state index in [9.17, 15) is 19.5 Å². The lowest BCUT2D eigenvalue weighted by molar-refractivity contribution is -0.889. The Morgan fingerprint density at radius 2 is 0.949 bits per heavy atom. The Labute approximate surface area is 360 Å². The van der Waals surface area contributed by atoms with Crippen LogP contribution in [0.5, 0.6) is 0 Å². The fourth-order valence-electron chi connectivity index (χ4n) is 5.93. The van der Waals surface area contributed by atoms with Crippen LogP contribution in [-0.4, -0.2) is 75.5 Å². The van der Waals surface area contributed by atoms with Gasteiger partial charge in [-0.1, -0.05) is 137 Å². The van der Waals surface area contributed by atoms with Gasteiger partial charge in [-0.3, -0.25) is 9.59 Å². The minimum atomic E-state index is -1.14. The number of likely N-dealkylation sites (N-methyl/N-ethyl adjacent to an activating group) is 1. The number of quaternary nitrogens is 1. The third-order valence-electron chi connectivity index (χ3n) is 9.45. The van der Waals surface area contributed by atoms with Gasteiger partial charge in [0, 0.05) is 19.3 Å². The van der Waals surface area contributed by atoms with E-state index in [1.54, 1.807) is 21.1 Å². The Morgan fingerprint density at radius 1 is 0.525 bits per heavy atom. The highest BCUT2D eigenvalue weighted by molar-refractivity contribution is 5.70. The summed E-state index contributed by atoms with van der Waals surface area (Å²) in [7, 11) is 5.37. The predicted molar refractivity (Wildman–Crippen MR) is 245 cm³/mol. The molecule has 0 aromatic carbocycles. The summed E-state index contributed by atoms with van der Waals surface area (Å²) in [5.41, 5.74) is 0. The van der Waals surface area contributed by atoms with Crippen molar-refractivity contribution >= 4 is 17.9 Å². The second-order valence-corrected chi connectivity index (χ2v) is 15.9. The molecule has 0 bridgehead atoms. The molecule has 2 atom stereocenters. The smallest absolute Gasteiger partial charge is 0.306 e. The first kappa shape index (κ1) is 55.2. The maximum Gasteiger partial charge on any atom is 0.306 e. The number of hydrogen-bond donors (Lipinski definition) is 0. The molecular weight excluding hydrogens is 739 g/mol. The molecule has 59 heavy (non-hydrogen) atoms. The normalized spacial score (nSPS) is 13.8. The van der Waals surface area contributed by atoms with E-state index in [4.69, 9.17) is 14.2 Å². The first-order valence-corrected chi connectivity index (χ1v) is 22.8. The van der Waals surface area contributed by atoms with Crippen LogP contribution in [0.25, 0.3) is 0 Å². The van der Waals surface area contributed by atoms with Crippen LogP contribution in [0.4, 0.5) is 0 Å². The molecule has 0 amide bonds. The number of rotatable bonds is 39. The van der Waals surface area contributed by atoms with E-state index in [1.165, 1.54) is 25.7 Å². The third-order valence-corrected chi connectivity index (χ3v) is 9.45. The summed E-state index contributed by atoms with van der Waals surface area (Å²) in [5.74, 6) is -1.83. The third kappa shape index (κ3) is 39.5. The number of hydrogen-bond acceptors (Lipinski definition) is 7. The van der Waals surface area contributed by atoms with Crippen LogP contribution in [0.15, 0.2) is 97.2 Å². The zero-order chi connectivity index (χ0) is 43.5. The number of carbonyl (C=O) groups excluding carboxylic acids is 3. The van der Waals surface area contributed by atoms with E-state index in [0.29, 0.717) is 6.42 Å². The van der Waals surface area contributed by atoms with E-state index in [-0.39, 0.29) is 55.5 Å². The average Bonchev–Trinajstić information content (AvgIpc) is 3.19. The lowest BCUT2D eigenvalue weighted by atomic mass is 10.1. The fourth-order valence-corrected chi connectivity index (χ4v) is 5.93. The van der Waals surface area contributed by atoms with Gasteiger partial charge < -0.3 is 28.6 Å². The van der Waals surface area contributed by atoms with E-state index in [0.717, 1.165) is 89.9 Å². The summed E-state index contributed by atoms with van der Waals surface area (Å²) in [4.78, 5) is 36.9. The maximum atomic E-state index is 12.7. The van der Waals surface area contributed by atoms with Crippen LogP contribution in [0.3, 0.4) is 0 Å². The molecule has 0 aromatic rings. The van der Waals surface area contributed by atoms with Gasteiger partial charge in [0.05, 0.1) is 40.3 Å². The Morgan fingerprint density at radius 3 is 1.42 bits per heavy atom. The molecule has 0 aliphatic carbocycles. The molecule has 8 nitrogen and oxygen atoms in total. The minimum absolute atomic E-state index is 0.0110. The zero-order valence-corrected chi connectivity index (χ0v) is 37.9. The van der Waals surface area contributed by atoms with Crippen LogP contribution in [-0.2, 0) is 28.6 Å². The van der Waals surface area contributed by atoms with Crippen molar-refractivity contribution in [3.05, 3.63) is 97.2 Å². The number of allylic oxidation sites excluding steroid dienone is 16. The number of carboxylic acid groups (broad SMARTS) is 1. The van der Waals surface area contributed by atoms with Crippen molar-refractivity contribution in [1.29, 1.82) is 0 Å². The van der Waals surface area contributed by atoms with Gasteiger partial charge in [-0.25, -0.2) is 0 Å². The van der Waals surface area contributed by atoms with E-state index in [1.807, 2.05) is 0 Å². The molecule has 334 valence electrons. The first-order chi connectivity index (χ1) is 28.6. The summed E-state index contributed by atoms with van der Waals surface area (Å²) in [6.45, 7) is 4.43. The van der Waals surface area contributed by atoms with Crippen molar-refractivity contribution in [3.63, 3.8) is 0 Å². The van der Waals surface area contributed by atoms with Crippen molar-refractivity contribution in [1.82, 2.24) is 0 Å². The second kappa shape index (κ2) is 41.0. The van der Waals surface area contributed by atoms with Gasteiger partial charge in [0.15, 0.2) is 6.10 Å².